The molecule has 0 bridgehead atoms. The molecule has 4 rings (SSSR count). The Balaban J connectivity index is 1.59. The fourth-order valence-corrected chi connectivity index (χ4v) is 3.52. The monoisotopic (exact) mass is 314 g/mol. The number of likely N-dealkylation sites (tertiary alicyclic amines) is 1. The Hall–Kier alpha value is -2.08. The summed E-state index contributed by atoms with van der Waals surface area (Å²) in [5, 5.41) is 0. The molecule has 1 atom stereocenters. The molecule has 2 aromatic rings. The van der Waals surface area contributed by atoms with Crippen molar-refractivity contribution in [2.24, 2.45) is 0 Å². The van der Waals surface area contributed by atoms with E-state index in [2.05, 4.69) is 24.0 Å². The summed E-state index contributed by atoms with van der Waals surface area (Å²) >= 11 is 0. The highest BCUT2D eigenvalue weighted by molar-refractivity contribution is 5.77. The van der Waals surface area contributed by atoms with Gasteiger partial charge < -0.3 is 19.5 Å². The number of morpholine rings is 1. The van der Waals surface area contributed by atoms with E-state index in [1.54, 1.807) is 0 Å². The number of ether oxygens (including phenoxy) is 1. The summed E-state index contributed by atoms with van der Waals surface area (Å²) in [6.45, 7) is 5.51. The van der Waals surface area contributed by atoms with Crippen LogP contribution < -0.4 is 0 Å². The number of hydrogen-bond acceptors (Lipinski definition) is 3. The number of aromatic amines is 1. The molecule has 1 aromatic carbocycles. The minimum atomic E-state index is 0.0538. The van der Waals surface area contributed by atoms with Gasteiger partial charge in [0.1, 0.15) is 5.82 Å². The maximum absolute atomic E-state index is 12.8. The van der Waals surface area contributed by atoms with E-state index in [9.17, 15) is 4.79 Å². The molecule has 0 saturated carbocycles. The third-order valence-electron chi connectivity index (χ3n) is 4.75. The standard InChI is InChI=1S/C17H22N4O2/c1-12-4-5-13-14(11-12)19-16(18-13)15-3-2-6-21(15)17(22)20-7-9-23-10-8-20/h4-5,11,15H,2-3,6-10H2,1H3,(H,18,19)/t15-/m1/s1. The van der Waals surface area contributed by atoms with Crippen LogP contribution in [0.1, 0.15) is 30.3 Å². The van der Waals surface area contributed by atoms with Crippen molar-refractivity contribution in [3.05, 3.63) is 29.6 Å². The molecule has 122 valence electrons. The van der Waals surface area contributed by atoms with Crippen molar-refractivity contribution in [3.8, 4) is 0 Å². The van der Waals surface area contributed by atoms with Gasteiger partial charge in [-0.1, -0.05) is 6.07 Å². The Labute approximate surface area is 135 Å². The highest BCUT2D eigenvalue weighted by Gasteiger charge is 2.35. The number of nitrogens with zero attached hydrogens (tertiary/aromatic N) is 3. The molecule has 6 heteroatoms. The van der Waals surface area contributed by atoms with Crippen LogP contribution >= 0.6 is 0 Å². The molecule has 3 heterocycles. The maximum atomic E-state index is 12.8. The van der Waals surface area contributed by atoms with Crippen LogP contribution in [0, 0.1) is 6.92 Å². The first-order valence-corrected chi connectivity index (χ1v) is 8.32. The summed E-state index contributed by atoms with van der Waals surface area (Å²) in [4.78, 5) is 24.8. The highest BCUT2D eigenvalue weighted by Crippen LogP contribution is 2.32. The molecule has 2 saturated heterocycles. The summed E-state index contributed by atoms with van der Waals surface area (Å²) < 4.78 is 5.34. The van der Waals surface area contributed by atoms with Gasteiger partial charge in [0.15, 0.2) is 0 Å². The van der Waals surface area contributed by atoms with Gasteiger partial charge >= 0.3 is 6.03 Å². The molecule has 0 radical (unpaired) electrons. The van der Waals surface area contributed by atoms with Gasteiger partial charge in [0.25, 0.3) is 0 Å². The predicted molar refractivity (Wildman–Crippen MR) is 87.3 cm³/mol. The number of amides is 2. The lowest BCUT2D eigenvalue weighted by Gasteiger charge is -2.33. The van der Waals surface area contributed by atoms with Gasteiger partial charge in [-0.2, -0.15) is 0 Å². The van der Waals surface area contributed by atoms with E-state index in [1.807, 2.05) is 15.9 Å². The summed E-state index contributed by atoms with van der Waals surface area (Å²) in [5.41, 5.74) is 3.22. The number of fused-ring (bicyclic) bond motifs is 1. The molecule has 6 nitrogen and oxygen atoms in total. The molecule has 1 aromatic heterocycles. The fourth-order valence-electron chi connectivity index (χ4n) is 3.52. The van der Waals surface area contributed by atoms with Gasteiger partial charge in [-0.05, 0) is 37.5 Å². The molecule has 2 aliphatic rings. The van der Waals surface area contributed by atoms with E-state index in [-0.39, 0.29) is 12.1 Å². The lowest BCUT2D eigenvalue weighted by Crippen LogP contribution is -2.48. The van der Waals surface area contributed by atoms with Crippen molar-refractivity contribution in [2.75, 3.05) is 32.8 Å². The van der Waals surface area contributed by atoms with Crippen LogP contribution in [0.3, 0.4) is 0 Å². The number of hydrogen-bond donors (Lipinski definition) is 1. The van der Waals surface area contributed by atoms with Crippen molar-refractivity contribution in [1.29, 1.82) is 0 Å². The van der Waals surface area contributed by atoms with Gasteiger partial charge in [0.2, 0.25) is 0 Å². The van der Waals surface area contributed by atoms with E-state index in [1.165, 1.54) is 5.56 Å². The molecule has 2 amide bonds. The first-order valence-electron chi connectivity index (χ1n) is 8.32. The SMILES string of the molecule is Cc1ccc2nc([C@H]3CCCN3C(=O)N3CCOCC3)[nH]c2c1. The number of urea groups is 1. The summed E-state index contributed by atoms with van der Waals surface area (Å²) in [6, 6.07) is 6.38. The molecule has 2 aliphatic heterocycles. The van der Waals surface area contributed by atoms with Crippen molar-refractivity contribution < 1.29 is 9.53 Å². The predicted octanol–water partition coefficient (Wildman–Crippen LogP) is 2.46. The fraction of sp³-hybridized carbons (Fsp3) is 0.529. The Kier molecular flexibility index (Phi) is 3.69. The van der Waals surface area contributed by atoms with E-state index in [4.69, 9.17) is 9.72 Å². The third-order valence-corrected chi connectivity index (χ3v) is 4.75. The number of imidazole rings is 1. The molecule has 0 aliphatic carbocycles. The van der Waals surface area contributed by atoms with Gasteiger partial charge in [-0.3, -0.25) is 0 Å². The molecule has 23 heavy (non-hydrogen) atoms. The van der Waals surface area contributed by atoms with Crippen LogP contribution in [-0.2, 0) is 4.74 Å². The van der Waals surface area contributed by atoms with Crippen molar-refractivity contribution in [1.82, 2.24) is 19.8 Å². The topological polar surface area (TPSA) is 61.5 Å². The Morgan fingerprint density at radius 2 is 2.13 bits per heavy atom. The van der Waals surface area contributed by atoms with Crippen LogP contribution in [0.2, 0.25) is 0 Å². The minimum absolute atomic E-state index is 0.0538. The second-order valence-corrected chi connectivity index (χ2v) is 6.38. The number of H-pyrrole nitrogens is 1. The number of benzene rings is 1. The number of carbonyl (C=O) groups is 1. The van der Waals surface area contributed by atoms with Crippen LogP contribution in [0.25, 0.3) is 11.0 Å². The van der Waals surface area contributed by atoms with Crippen molar-refractivity contribution >= 4 is 17.1 Å². The summed E-state index contributed by atoms with van der Waals surface area (Å²) in [5.74, 6) is 0.907. The second kappa shape index (κ2) is 5.85. The zero-order valence-corrected chi connectivity index (χ0v) is 13.4. The highest BCUT2D eigenvalue weighted by atomic mass is 16.5. The second-order valence-electron chi connectivity index (χ2n) is 6.38. The lowest BCUT2D eigenvalue weighted by atomic mass is 10.2. The van der Waals surface area contributed by atoms with Gasteiger partial charge in [-0.25, -0.2) is 9.78 Å². The number of aryl methyl sites for hydroxylation is 1. The zero-order chi connectivity index (χ0) is 15.8. The quantitative estimate of drug-likeness (QED) is 0.879. The third kappa shape index (κ3) is 2.67. The van der Waals surface area contributed by atoms with Gasteiger partial charge in [0, 0.05) is 19.6 Å². The minimum Gasteiger partial charge on any atom is -0.378 e. The van der Waals surface area contributed by atoms with Crippen LogP contribution in [0.15, 0.2) is 18.2 Å². The lowest BCUT2D eigenvalue weighted by molar-refractivity contribution is 0.0419. The molecular weight excluding hydrogens is 292 g/mol. The number of nitrogens with one attached hydrogen (secondary N) is 1. The van der Waals surface area contributed by atoms with Crippen LogP contribution in [-0.4, -0.2) is 58.6 Å². The van der Waals surface area contributed by atoms with E-state index >= 15 is 0 Å². The van der Waals surface area contributed by atoms with E-state index in [0.29, 0.717) is 26.3 Å². The largest absolute Gasteiger partial charge is 0.378 e. The van der Waals surface area contributed by atoms with E-state index in [0.717, 1.165) is 36.2 Å². The molecule has 1 N–H and O–H groups in total. The molecule has 0 unspecified atom stereocenters. The van der Waals surface area contributed by atoms with Crippen LogP contribution in [0.4, 0.5) is 4.79 Å². The Bertz CT molecular complexity index is 720. The van der Waals surface area contributed by atoms with Crippen LogP contribution in [0.5, 0.6) is 0 Å². The maximum Gasteiger partial charge on any atom is 0.320 e. The van der Waals surface area contributed by atoms with Gasteiger partial charge in [0.05, 0.1) is 30.3 Å². The number of rotatable bonds is 1. The summed E-state index contributed by atoms with van der Waals surface area (Å²) in [6.07, 6.45) is 1.99. The Morgan fingerprint density at radius 1 is 1.30 bits per heavy atom. The average Bonchev–Trinajstić information content (AvgIpc) is 3.20. The Morgan fingerprint density at radius 3 is 2.96 bits per heavy atom. The normalized spacial score (nSPS) is 22.0. The first kappa shape index (κ1) is 14.5. The van der Waals surface area contributed by atoms with Crippen molar-refractivity contribution in [3.63, 3.8) is 0 Å². The summed E-state index contributed by atoms with van der Waals surface area (Å²) in [7, 11) is 0. The smallest absolute Gasteiger partial charge is 0.320 e. The number of carbonyl (C=O) groups excluding carboxylic acids is 1. The average molecular weight is 314 g/mol. The molecular formula is C17H22N4O2. The number of aromatic nitrogens is 2. The van der Waals surface area contributed by atoms with Crippen molar-refractivity contribution in [2.45, 2.75) is 25.8 Å². The first-order chi connectivity index (χ1) is 11.2. The molecule has 0 spiro atoms. The van der Waals surface area contributed by atoms with Gasteiger partial charge in [-0.15, -0.1) is 0 Å². The molecule has 2 fully saturated rings. The van der Waals surface area contributed by atoms with E-state index < -0.39 is 0 Å². The zero-order valence-electron chi connectivity index (χ0n) is 13.4.